The molecule has 106 valence electrons. The molecule has 0 amide bonds. The average Bonchev–Trinajstić information content (AvgIpc) is 3.10. The summed E-state index contributed by atoms with van der Waals surface area (Å²) in [7, 11) is 0. The maximum Gasteiger partial charge on any atom is 0.167 e. The molecule has 5 N–H and O–H groups in total. The van der Waals surface area contributed by atoms with Gasteiger partial charge in [0.1, 0.15) is 23.5 Å². The summed E-state index contributed by atoms with van der Waals surface area (Å²) >= 11 is 0. The molecule has 2 aromatic heterocycles. The van der Waals surface area contributed by atoms with Crippen molar-refractivity contribution in [3.63, 3.8) is 0 Å². The van der Waals surface area contributed by atoms with E-state index in [0.29, 0.717) is 23.5 Å². The van der Waals surface area contributed by atoms with Crippen molar-refractivity contribution in [2.75, 3.05) is 18.9 Å². The summed E-state index contributed by atoms with van der Waals surface area (Å²) in [5.41, 5.74) is 5.81. The van der Waals surface area contributed by atoms with Gasteiger partial charge in [0.05, 0.1) is 19.0 Å². The van der Waals surface area contributed by atoms with Crippen LogP contribution in [0.15, 0.2) is 12.7 Å². The number of rotatable bonds is 2. The monoisotopic (exact) mass is 278 g/mol. The second kappa shape index (κ2) is 3.85. The summed E-state index contributed by atoms with van der Waals surface area (Å²) in [6.07, 6.45) is 1.63. The zero-order valence-corrected chi connectivity index (χ0v) is 10.5. The van der Waals surface area contributed by atoms with E-state index in [-0.39, 0.29) is 12.6 Å². The van der Waals surface area contributed by atoms with Crippen LogP contribution in [0.4, 0.5) is 5.82 Å². The average molecular weight is 278 g/mol. The third-order valence-electron chi connectivity index (χ3n) is 4.11. The molecule has 0 aliphatic carbocycles. The predicted molar refractivity (Wildman–Crippen MR) is 67.5 cm³/mol. The van der Waals surface area contributed by atoms with Crippen molar-refractivity contribution in [3.8, 4) is 0 Å². The van der Waals surface area contributed by atoms with E-state index in [2.05, 4.69) is 20.3 Å². The SMILES string of the molecule is Nc1ncnc2c1ncn2[C@@H]1O[C@@]2(CO)CN[C@@H]1[C@@H]2O. The number of imidazole rings is 1. The molecule has 2 aliphatic rings. The van der Waals surface area contributed by atoms with Crippen LogP contribution in [-0.2, 0) is 4.74 Å². The lowest BCUT2D eigenvalue weighted by Gasteiger charge is -2.30. The van der Waals surface area contributed by atoms with E-state index in [4.69, 9.17) is 10.5 Å². The van der Waals surface area contributed by atoms with E-state index in [9.17, 15) is 10.2 Å². The molecule has 2 aliphatic heterocycles. The predicted octanol–water partition coefficient (Wildman–Crippen LogP) is -2.00. The van der Waals surface area contributed by atoms with E-state index >= 15 is 0 Å². The highest BCUT2D eigenvalue weighted by Crippen LogP contribution is 2.42. The van der Waals surface area contributed by atoms with Crippen molar-refractivity contribution >= 4 is 17.0 Å². The van der Waals surface area contributed by atoms with Crippen molar-refractivity contribution in [2.24, 2.45) is 0 Å². The second-order valence-electron chi connectivity index (χ2n) is 5.17. The van der Waals surface area contributed by atoms with Gasteiger partial charge in [-0.1, -0.05) is 0 Å². The van der Waals surface area contributed by atoms with Gasteiger partial charge in [0, 0.05) is 6.54 Å². The number of nitrogens with one attached hydrogen (secondary N) is 1. The molecule has 0 aromatic carbocycles. The van der Waals surface area contributed by atoms with Crippen LogP contribution in [-0.4, -0.2) is 60.6 Å². The Bertz CT molecular complexity index is 675. The fourth-order valence-corrected chi connectivity index (χ4v) is 2.99. The molecule has 4 heterocycles. The van der Waals surface area contributed by atoms with Gasteiger partial charge in [0.2, 0.25) is 0 Å². The van der Waals surface area contributed by atoms with E-state index < -0.39 is 17.9 Å². The van der Waals surface area contributed by atoms with Crippen molar-refractivity contribution in [3.05, 3.63) is 12.7 Å². The molecule has 0 unspecified atom stereocenters. The molecule has 0 spiro atoms. The Hall–Kier alpha value is -1.81. The molecule has 0 radical (unpaired) electrons. The van der Waals surface area contributed by atoms with Crippen LogP contribution >= 0.6 is 0 Å². The number of aliphatic hydroxyl groups excluding tert-OH is 2. The molecular weight excluding hydrogens is 264 g/mol. The van der Waals surface area contributed by atoms with E-state index in [1.807, 2.05) is 0 Å². The number of ether oxygens (including phenoxy) is 1. The molecule has 20 heavy (non-hydrogen) atoms. The molecule has 4 rings (SSSR count). The topological polar surface area (TPSA) is 131 Å². The first-order valence-electron chi connectivity index (χ1n) is 6.29. The fourth-order valence-electron chi connectivity index (χ4n) is 2.99. The van der Waals surface area contributed by atoms with Gasteiger partial charge in [-0.25, -0.2) is 15.0 Å². The Morgan fingerprint density at radius 1 is 1.50 bits per heavy atom. The van der Waals surface area contributed by atoms with Crippen LogP contribution in [0.1, 0.15) is 6.23 Å². The first kappa shape index (κ1) is 12.0. The minimum absolute atomic E-state index is 0.252. The van der Waals surface area contributed by atoms with Gasteiger partial charge < -0.3 is 26.0 Å². The van der Waals surface area contributed by atoms with E-state index in [1.54, 1.807) is 10.9 Å². The molecule has 2 bridgehead atoms. The molecule has 2 saturated heterocycles. The first-order chi connectivity index (χ1) is 9.66. The van der Waals surface area contributed by atoms with Crippen molar-refractivity contribution < 1.29 is 14.9 Å². The Kier molecular flexibility index (Phi) is 2.31. The summed E-state index contributed by atoms with van der Waals surface area (Å²) in [6.45, 7) is 0.160. The van der Waals surface area contributed by atoms with Crippen LogP contribution in [0.5, 0.6) is 0 Å². The Balaban J connectivity index is 1.80. The Morgan fingerprint density at radius 3 is 3.10 bits per heavy atom. The maximum atomic E-state index is 10.2. The lowest BCUT2D eigenvalue weighted by molar-refractivity contribution is -0.130. The minimum atomic E-state index is -0.968. The highest BCUT2D eigenvalue weighted by molar-refractivity contribution is 5.81. The zero-order chi connectivity index (χ0) is 13.9. The standard InChI is InChI=1S/C11H14N6O3/c12-8-6-9(15-3-14-8)17(4-16-6)10-5-7(19)11(2-18,20-10)1-13-5/h3-5,7,10,13,18-19H,1-2H2,(H2,12,14,15)/t5-,7+,10-,11-/m1/s1. The molecule has 2 fully saturated rings. The quantitative estimate of drug-likeness (QED) is 0.496. The van der Waals surface area contributed by atoms with Crippen molar-refractivity contribution in [2.45, 2.75) is 24.0 Å². The van der Waals surface area contributed by atoms with Crippen LogP contribution in [0.3, 0.4) is 0 Å². The number of anilines is 1. The number of nitrogens with two attached hydrogens (primary N) is 1. The molecule has 2 aromatic rings. The summed E-state index contributed by atoms with van der Waals surface area (Å²) in [4.78, 5) is 12.2. The van der Waals surface area contributed by atoms with Gasteiger partial charge in [0.25, 0.3) is 0 Å². The third-order valence-corrected chi connectivity index (χ3v) is 4.11. The number of morpholine rings is 1. The van der Waals surface area contributed by atoms with Gasteiger partial charge in [0.15, 0.2) is 17.7 Å². The molecule has 9 heteroatoms. The lowest BCUT2D eigenvalue weighted by Crippen LogP contribution is -2.46. The number of hydrogen-bond donors (Lipinski definition) is 4. The fraction of sp³-hybridized carbons (Fsp3) is 0.545. The normalized spacial score (nSPS) is 36.0. The summed E-state index contributed by atoms with van der Waals surface area (Å²) in [6, 6.07) is -0.323. The van der Waals surface area contributed by atoms with Gasteiger partial charge in [-0.05, 0) is 0 Å². The molecule has 9 nitrogen and oxygen atoms in total. The highest BCUT2D eigenvalue weighted by atomic mass is 16.6. The van der Waals surface area contributed by atoms with Gasteiger partial charge in [-0.15, -0.1) is 0 Å². The van der Waals surface area contributed by atoms with Crippen LogP contribution < -0.4 is 11.1 Å². The van der Waals surface area contributed by atoms with Crippen molar-refractivity contribution in [1.82, 2.24) is 24.8 Å². The summed E-state index contributed by atoms with van der Waals surface area (Å²) in [5.74, 6) is 0.294. The van der Waals surface area contributed by atoms with Gasteiger partial charge >= 0.3 is 0 Å². The Morgan fingerprint density at radius 2 is 2.35 bits per heavy atom. The lowest BCUT2D eigenvalue weighted by atomic mass is 10.0. The minimum Gasteiger partial charge on any atom is -0.393 e. The molecular formula is C11H14N6O3. The second-order valence-corrected chi connectivity index (χ2v) is 5.17. The number of fused-ring (bicyclic) bond motifs is 3. The number of nitrogen functional groups attached to an aromatic ring is 1. The van der Waals surface area contributed by atoms with Gasteiger partial charge in [-0.2, -0.15) is 0 Å². The van der Waals surface area contributed by atoms with Crippen molar-refractivity contribution in [1.29, 1.82) is 0 Å². The number of aliphatic hydroxyl groups is 2. The smallest absolute Gasteiger partial charge is 0.167 e. The largest absolute Gasteiger partial charge is 0.393 e. The maximum absolute atomic E-state index is 10.2. The third kappa shape index (κ3) is 1.32. The van der Waals surface area contributed by atoms with E-state index in [1.165, 1.54) is 6.33 Å². The zero-order valence-electron chi connectivity index (χ0n) is 10.5. The van der Waals surface area contributed by atoms with E-state index in [0.717, 1.165) is 0 Å². The molecule has 0 saturated carbocycles. The summed E-state index contributed by atoms with van der Waals surface area (Å²) < 4.78 is 7.56. The van der Waals surface area contributed by atoms with Gasteiger partial charge in [-0.3, -0.25) is 4.57 Å². The number of aromatic nitrogens is 4. The first-order valence-corrected chi connectivity index (χ1v) is 6.29. The number of hydrogen-bond acceptors (Lipinski definition) is 8. The highest BCUT2D eigenvalue weighted by Gasteiger charge is 2.60. The summed E-state index contributed by atoms with van der Waals surface area (Å²) in [5, 5.41) is 22.9. The Labute approximate surface area is 113 Å². The van der Waals surface area contributed by atoms with Crippen LogP contribution in [0, 0.1) is 0 Å². The van der Waals surface area contributed by atoms with Crippen LogP contribution in [0.2, 0.25) is 0 Å². The van der Waals surface area contributed by atoms with Crippen LogP contribution in [0.25, 0.3) is 11.2 Å². The molecule has 4 atom stereocenters. The number of nitrogens with zero attached hydrogens (tertiary/aromatic N) is 4.